The average Bonchev–Trinajstić information content (AvgIpc) is 2.98. The first-order valence-corrected chi connectivity index (χ1v) is 6.73. The summed E-state index contributed by atoms with van der Waals surface area (Å²) in [6.07, 6.45) is 4.17. The number of rotatable bonds is 4. The number of aryl methyl sites for hydroxylation is 1. The number of amides is 1. The summed E-state index contributed by atoms with van der Waals surface area (Å²) in [4.78, 5) is 12.0. The number of carbonyl (C=O) groups excluding carboxylic acids is 1. The maximum atomic E-state index is 12.0. The van der Waals surface area contributed by atoms with Crippen LogP contribution in [-0.2, 0) is 17.8 Å². The number of benzene rings is 1. The van der Waals surface area contributed by atoms with Gasteiger partial charge < -0.3 is 10.4 Å². The largest absolute Gasteiger partial charge is 0.384 e. The second-order valence-electron chi connectivity index (χ2n) is 4.44. The summed E-state index contributed by atoms with van der Waals surface area (Å²) >= 11 is 0. The normalized spacial score (nSPS) is 9.81. The summed E-state index contributed by atoms with van der Waals surface area (Å²) in [5, 5.41) is 15.6. The van der Waals surface area contributed by atoms with Crippen LogP contribution in [0, 0.1) is 11.8 Å². The molecule has 0 atom stereocenters. The van der Waals surface area contributed by atoms with Crippen LogP contribution in [0.1, 0.15) is 18.1 Å². The highest BCUT2D eigenvalue weighted by molar-refractivity contribution is 5.91. The maximum absolute atomic E-state index is 12.0. The zero-order valence-corrected chi connectivity index (χ0v) is 11.8. The molecule has 0 unspecified atom stereocenters. The zero-order chi connectivity index (χ0) is 15.1. The number of anilines is 1. The van der Waals surface area contributed by atoms with E-state index in [9.17, 15) is 4.79 Å². The zero-order valence-electron chi connectivity index (χ0n) is 11.8. The number of aliphatic hydroxyl groups is 1. The Bertz CT molecular complexity index is 667. The van der Waals surface area contributed by atoms with Gasteiger partial charge in [0.2, 0.25) is 5.91 Å². The molecule has 2 aromatic rings. The molecular formula is C16H17N3O2. The van der Waals surface area contributed by atoms with Crippen LogP contribution in [0.5, 0.6) is 0 Å². The molecule has 1 aromatic carbocycles. The third-order valence-electron chi connectivity index (χ3n) is 2.94. The van der Waals surface area contributed by atoms with E-state index in [4.69, 9.17) is 5.11 Å². The Morgan fingerprint density at radius 2 is 2.33 bits per heavy atom. The van der Waals surface area contributed by atoms with Gasteiger partial charge in [0.15, 0.2) is 0 Å². The van der Waals surface area contributed by atoms with Crippen molar-refractivity contribution in [2.24, 2.45) is 0 Å². The summed E-state index contributed by atoms with van der Waals surface area (Å²) in [5.41, 5.74) is 2.61. The monoisotopic (exact) mass is 283 g/mol. The Labute approximate surface area is 123 Å². The summed E-state index contributed by atoms with van der Waals surface area (Å²) in [7, 11) is 0. The van der Waals surface area contributed by atoms with Crippen LogP contribution < -0.4 is 5.32 Å². The minimum Gasteiger partial charge on any atom is -0.384 e. The Kier molecular flexibility index (Phi) is 5.13. The van der Waals surface area contributed by atoms with E-state index in [1.807, 2.05) is 25.1 Å². The van der Waals surface area contributed by atoms with Crippen molar-refractivity contribution in [3.05, 3.63) is 47.8 Å². The second kappa shape index (κ2) is 7.27. The first-order chi connectivity index (χ1) is 10.2. The predicted octanol–water partition coefficient (Wildman–Crippen LogP) is 1.43. The van der Waals surface area contributed by atoms with Crippen molar-refractivity contribution in [3.8, 4) is 11.8 Å². The molecule has 0 saturated heterocycles. The molecule has 1 heterocycles. The molecule has 0 radical (unpaired) electrons. The molecule has 0 aliphatic heterocycles. The topological polar surface area (TPSA) is 67.2 Å². The maximum Gasteiger partial charge on any atom is 0.246 e. The fourth-order valence-electron chi connectivity index (χ4n) is 1.96. The van der Waals surface area contributed by atoms with Gasteiger partial charge in [-0.25, -0.2) is 0 Å². The van der Waals surface area contributed by atoms with E-state index in [-0.39, 0.29) is 19.1 Å². The Balaban J connectivity index is 2.10. The molecule has 0 aliphatic carbocycles. The summed E-state index contributed by atoms with van der Waals surface area (Å²) in [6.45, 7) is 2.04. The minimum atomic E-state index is -0.163. The number of hydrogen-bond donors (Lipinski definition) is 2. The number of aliphatic hydroxyl groups excluding tert-OH is 1. The molecule has 0 fully saturated rings. The van der Waals surface area contributed by atoms with Gasteiger partial charge in [0.05, 0.1) is 0 Å². The van der Waals surface area contributed by atoms with E-state index in [0.29, 0.717) is 0 Å². The number of hydrogen-bond acceptors (Lipinski definition) is 3. The summed E-state index contributed by atoms with van der Waals surface area (Å²) in [5.74, 6) is 5.35. The standard InChI is InChI=1S/C16H17N3O2/c1-2-14-11-13(5-3-10-20)6-7-15(14)18-16(21)12-19-9-4-8-17-19/h4,6-9,11,20H,2,10,12H2,1H3,(H,18,21). The molecule has 0 aliphatic rings. The minimum absolute atomic E-state index is 0.123. The van der Waals surface area contributed by atoms with Gasteiger partial charge in [-0.3, -0.25) is 9.48 Å². The number of aromatic nitrogens is 2. The van der Waals surface area contributed by atoms with Gasteiger partial charge in [0.25, 0.3) is 0 Å². The van der Waals surface area contributed by atoms with Gasteiger partial charge in [-0.05, 0) is 36.2 Å². The van der Waals surface area contributed by atoms with Crippen molar-refractivity contribution in [2.45, 2.75) is 19.9 Å². The van der Waals surface area contributed by atoms with Crippen molar-refractivity contribution in [3.63, 3.8) is 0 Å². The Morgan fingerprint density at radius 1 is 1.48 bits per heavy atom. The highest BCUT2D eigenvalue weighted by Crippen LogP contribution is 2.18. The SMILES string of the molecule is CCc1cc(C#CCO)ccc1NC(=O)Cn1cccn1. The summed E-state index contributed by atoms with van der Waals surface area (Å²) < 4.78 is 1.57. The molecule has 0 bridgehead atoms. The molecule has 2 rings (SSSR count). The van der Waals surface area contributed by atoms with Crippen LogP contribution >= 0.6 is 0 Å². The third-order valence-corrected chi connectivity index (χ3v) is 2.94. The smallest absolute Gasteiger partial charge is 0.246 e. The van der Waals surface area contributed by atoms with Crippen molar-refractivity contribution >= 4 is 11.6 Å². The third kappa shape index (κ3) is 4.20. The number of carbonyl (C=O) groups is 1. The quantitative estimate of drug-likeness (QED) is 0.834. The van der Waals surface area contributed by atoms with E-state index in [1.54, 1.807) is 23.1 Å². The molecular weight excluding hydrogens is 266 g/mol. The van der Waals surface area contributed by atoms with E-state index in [0.717, 1.165) is 23.2 Å². The van der Waals surface area contributed by atoms with Crippen LogP contribution in [0.25, 0.3) is 0 Å². The first kappa shape index (κ1) is 14.8. The van der Waals surface area contributed by atoms with Gasteiger partial charge in [0, 0.05) is 23.6 Å². The van der Waals surface area contributed by atoms with Crippen LogP contribution in [0.3, 0.4) is 0 Å². The molecule has 2 N–H and O–H groups in total. The number of nitrogens with zero attached hydrogens (tertiary/aromatic N) is 2. The van der Waals surface area contributed by atoms with Crippen LogP contribution in [-0.4, -0.2) is 27.4 Å². The van der Waals surface area contributed by atoms with Gasteiger partial charge in [-0.1, -0.05) is 18.8 Å². The molecule has 5 nitrogen and oxygen atoms in total. The molecule has 21 heavy (non-hydrogen) atoms. The van der Waals surface area contributed by atoms with Crippen LogP contribution in [0.4, 0.5) is 5.69 Å². The van der Waals surface area contributed by atoms with Gasteiger partial charge in [-0.15, -0.1) is 0 Å². The van der Waals surface area contributed by atoms with E-state index >= 15 is 0 Å². The van der Waals surface area contributed by atoms with Gasteiger partial charge in [-0.2, -0.15) is 5.10 Å². The van der Waals surface area contributed by atoms with Crippen molar-refractivity contribution in [1.29, 1.82) is 0 Å². The average molecular weight is 283 g/mol. The fourth-order valence-corrected chi connectivity index (χ4v) is 1.96. The Morgan fingerprint density at radius 3 is 3.00 bits per heavy atom. The van der Waals surface area contributed by atoms with Gasteiger partial charge in [0.1, 0.15) is 13.2 Å². The van der Waals surface area contributed by atoms with Crippen molar-refractivity contribution in [1.82, 2.24) is 9.78 Å². The lowest BCUT2D eigenvalue weighted by Gasteiger charge is -2.10. The lowest BCUT2D eigenvalue weighted by atomic mass is 10.1. The van der Waals surface area contributed by atoms with Crippen molar-refractivity contribution < 1.29 is 9.90 Å². The van der Waals surface area contributed by atoms with E-state index in [2.05, 4.69) is 22.3 Å². The predicted molar refractivity (Wildman–Crippen MR) is 80.6 cm³/mol. The van der Waals surface area contributed by atoms with Crippen LogP contribution in [0.2, 0.25) is 0 Å². The molecule has 108 valence electrons. The fraction of sp³-hybridized carbons (Fsp3) is 0.250. The molecule has 0 saturated carbocycles. The molecule has 0 spiro atoms. The highest BCUT2D eigenvalue weighted by atomic mass is 16.2. The van der Waals surface area contributed by atoms with Crippen molar-refractivity contribution in [2.75, 3.05) is 11.9 Å². The van der Waals surface area contributed by atoms with E-state index in [1.165, 1.54) is 0 Å². The lowest BCUT2D eigenvalue weighted by Crippen LogP contribution is -2.19. The molecule has 1 amide bonds. The highest BCUT2D eigenvalue weighted by Gasteiger charge is 2.07. The number of nitrogens with one attached hydrogen (secondary N) is 1. The molecule has 5 heteroatoms. The Hall–Kier alpha value is -2.58. The first-order valence-electron chi connectivity index (χ1n) is 6.73. The summed E-state index contributed by atoms with van der Waals surface area (Å²) in [6, 6.07) is 7.36. The second-order valence-corrected chi connectivity index (χ2v) is 4.44. The molecule has 1 aromatic heterocycles. The lowest BCUT2D eigenvalue weighted by molar-refractivity contribution is -0.116. The van der Waals surface area contributed by atoms with Crippen LogP contribution in [0.15, 0.2) is 36.7 Å². The van der Waals surface area contributed by atoms with E-state index < -0.39 is 0 Å². The van der Waals surface area contributed by atoms with Gasteiger partial charge >= 0.3 is 0 Å².